The van der Waals surface area contributed by atoms with Gasteiger partial charge in [0.05, 0.1) is 12.9 Å². The molecule has 0 unspecified atom stereocenters. The minimum Gasteiger partial charge on any atom is -0.326 e. The highest BCUT2D eigenvalue weighted by Gasteiger charge is 2.11. The molecule has 0 amide bonds. The number of imidazole rings is 1. The first kappa shape index (κ1) is 13.0. The van der Waals surface area contributed by atoms with Crippen molar-refractivity contribution in [3.63, 3.8) is 0 Å². The van der Waals surface area contributed by atoms with Crippen molar-refractivity contribution in [3.05, 3.63) is 47.0 Å². The number of fused-ring (bicyclic) bond motifs is 1. The second-order valence-corrected chi connectivity index (χ2v) is 4.65. The van der Waals surface area contributed by atoms with Gasteiger partial charge in [0.2, 0.25) is 5.95 Å². The number of ketones is 1. The van der Waals surface area contributed by atoms with Gasteiger partial charge < -0.3 is 9.88 Å². The highest BCUT2D eigenvalue weighted by Crippen LogP contribution is 2.13. The third kappa shape index (κ3) is 2.66. The van der Waals surface area contributed by atoms with Gasteiger partial charge >= 0.3 is 0 Å². The van der Waals surface area contributed by atoms with Gasteiger partial charge in [-0.15, -0.1) is 0 Å². The van der Waals surface area contributed by atoms with Crippen LogP contribution in [-0.2, 0) is 11.3 Å². The number of carbonyl (C=O) groups is 1. The Morgan fingerprint density at radius 2 is 2.10 bits per heavy atom. The number of H-pyrrole nitrogens is 1. The van der Waals surface area contributed by atoms with E-state index in [1.165, 1.54) is 17.8 Å². The molecule has 3 aromatic rings. The van der Waals surface area contributed by atoms with E-state index in [2.05, 4.69) is 20.3 Å². The van der Waals surface area contributed by atoms with E-state index in [0.29, 0.717) is 17.1 Å². The number of nitrogens with one attached hydrogen (secondary N) is 2. The van der Waals surface area contributed by atoms with E-state index in [9.17, 15) is 9.59 Å². The summed E-state index contributed by atoms with van der Waals surface area (Å²) >= 11 is 0. The van der Waals surface area contributed by atoms with Crippen LogP contribution >= 0.6 is 0 Å². The third-order valence-corrected chi connectivity index (χ3v) is 2.91. The zero-order valence-corrected chi connectivity index (χ0v) is 11.3. The number of aromatic nitrogens is 4. The van der Waals surface area contributed by atoms with Gasteiger partial charge in [-0.3, -0.25) is 14.6 Å². The molecule has 2 N–H and O–H groups in total. The zero-order valence-electron chi connectivity index (χ0n) is 11.3. The van der Waals surface area contributed by atoms with Gasteiger partial charge in [0.1, 0.15) is 5.78 Å². The minimum absolute atomic E-state index is 0.0554. The Bertz CT molecular complexity index is 851. The summed E-state index contributed by atoms with van der Waals surface area (Å²) in [5.74, 6) is 0.256. The number of hydrogen-bond donors (Lipinski definition) is 2. The summed E-state index contributed by atoms with van der Waals surface area (Å²) in [6.07, 6.45) is 1.45. The molecular weight excluding hydrogens is 270 g/mol. The summed E-state index contributed by atoms with van der Waals surface area (Å²) < 4.78 is 1.50. The largest absolute Gasteiger partial charge is 0.326 e. The molecule has 0 aliphatic carbocycles. The molecule has 0 atom stereocenters. The molecule has 106 valence electrons. The Hall–Kier alpha value is -2.96. The number of anilines is 2. The van der Waals surface area contributed by atoms with Crippen molar-refractivity contribution in [1.29, 1.82) is 0 Å². The topological polar surface area (TPSA) is 92.7 Å². The Morgan fingerprint density at radius 1 is 1.33 bits per heavy atom. The number of hydrogen-bond acceptors (Lipinski definition) is 5. The van der Waals surface area contributed by atoms with Crippen molar-refractivity contribution in [3.8, 4) is 0 Å². The molecule has 3 rings (SSSR count). The summed E-state index contributed by atoms with van der Waals surface area (Å²) in [6, 6.07) is 9.37. The molecule has 1 aromatic carbocycles. The lowest BCUT2D eigenvalue weighted by Gasteiger charge is -2.05. The Morgan fingerprint density at radius 3 is 2.81 bits per heavy atom. The summed E-state index contributed by atoms with van der Waals surface area (Å²) in [4.78, 5) is 34.3. The number of aromatic amines is 1. The molecule has 0 saturated carbocycles. The van der Waals surface area contributed by atoms with E-state index in [-0.39, 0.29) is 17.9 Å². The number of benzene rings is 1. The maximum Gasteiger partial charge on any atom is 0.278 e. The first-order valence-corrected chi connectivity index (χ1v) is 6.40. The lowest BCUT2D eigenvalue weighted by molar-refractivity contribution is -0.117. The van der Waals surface area contributed by atoms with Crippen LogP contribution in [0, 0.1) is 0 Å². The van der Waals surface area contributed by atoms with E-state index in [4.69, 9.17) is 0 Å². The average Bonchev–Trinajstić information content (AvgIpc) is 2.82. The first-order chi connectivity index (χ1) is 10.1. The van der Waals surface area contributed by atoms with Crippen LogP contribution in [0.25, 0.3) is 11.2 Å². The molecule has 0 saturated heterocycles. The van der Waals surface area contributed by atoms with E-state index < -0.39 is 0 Å². The molecule has 2 heterocycles. The molecule has 0 fully saturated rings. The van der Waals surface area contributed by atoms with Crippen LogP contribution in [0.2, 0.25) is 0 Å². The van der Waals surface area contributed by atoms with Crippen molar-refractivity contribution in [2.24, 2.45) is 0 Å². The standard InChI is InChI=1S/C14H13N5O2/c1-9(20)7-19-8-15-12-11(19)13(21)18-14(17-12)16-10-5-3-2-4-6-10/h2-6,8H,7H2,1H3,(H2,16,17,18,21). The van der Waals surface area contributed by atoms with Crippen LogP contribution in [0.5, 0.6) is 0 Å². The molecule has 2 aromatic heterocycles. The molecule has 21 heavy (non-hydrogen) atoms. The number of Topliss-reactive ketones (excluding diaryl/α,β-unsaturated/α-hetero) is 1. The van der Waals surface area contributed by atoms with Crippen LogP contribution in [0.15, 0.2) is 41.5 Å². The fourth-order valence-corrected chi connectivity index (χ4v) is 2.06. The van der Waals surface area contributed by atoms with Gasteiger partial charge in [-0.25, -0.2) is 4.98 Å². The quantitative estimate of drug-likeness (QED) is 0.756. The van der Waals surface area contributed by atoms with Crippen molar-refractivity contribution in [2.45, 2.75) is 13.5 Å². The Kier molecular flexibility index (Phi) is 3.23. The van der Waals surface area contributed by atoms with Gasteiger partial charge in [-0.05, 0) is 19.1 Å². The molecule has 0 bridgehead atoms. The van der Waals surface area contributed by atoms with Gasteiger partial charge in [0.25, 0.3) is 5.56 Å². The predicted molar refractivity (Wildman–Crippen MR) is 78.6 cm³/mol. The van der Waals surface area contributed by atoms with Gasteiger partial charge in [0.15, 0.2) is 11.2 Å². The molecule has 0 spiro atoms. The van der Waals surface area contributed by atoms with Crippen LogP contribution < -0.4 is 10.9 Å². The van der Waals surface area contributed by atoms with Crippen LogP contribution in [0.4, 0.5) is 11.6 Å². The fourth-order valence-electron chi connectivity index (χ4n) is 2.06. The van der Waals surface area contributed by atoms with E-state index in [1.807, 2.05) is 30.3 Å². The second-order valence-electron chi connectivity index (χ2n) is 4.65. The lowest BCUT2D eigenvalue weighted by Crippen LogP contribution is -2.16. The van der Waals surface area contributed by atoms with Crippen molar-refractivity contribution >= 4 is 28.6 Å². The molecule has 0 radical (unpaired) electrons. The SMILES string of the molecule is CC(=O)Cn1cnc2nc(Nc3ccccc3)[nH]c(=O)c21. The number of rotatable bonds is 4. The number of nitrogens with zero attached hydrogens (tertiary/aromatic N) is 3. The van der Waals surface area contributed by atoms with E-state index in [0.717, 1.165) is 5.69 Å². The fraction of sp³-hybridized carbons (Fsp3) is 0.143. The summed E-state index contributed by atoms with van der Waals surface area (Å²) in [5.41, 5.74) is 1.07. The van der Waals surface area contributed by atoms with Gasteiger partial charge in [0, 0.05) is 5.69 Å². The number of carbonyl (C=O) groups excluding carboxylic acids is 1. The zero-order chi connectivity index (χ0) is 14.8. The number of para-hydroxylation sites is 1. The Balaban J connectivity index is 2.01. The monoisotopic (exact) mass is 283 g/mol. The summed E-state index contributed by atoms with van der Waals surface area (Å²) in [6.45, 7) is 1.56. The summed E-state index contributed by atoms with van der Waals surface area (Å²) in [7, 11) is 0. The van der Waals surface area contributed by atoms with E-state index in [1.54, 1.807) is 0 Å². The average molecular weight is 283 g/mol. The van der Waals surface area contributed by atoms with Crippen molar-refractivity contribution in [2.75, 3.05) is 5.32 Å². The molecule has 7 heteroatoms. The highest BCUT2D eigenvalue weighted by atomic mass is 16.1. The molecular formula is C14H13N5O2. The van der Waals surface area contributed by atoms with Crippen LogP contribution in [-0.4, -0.2) is 25.3 Å². The second kappa shape index (κ2) is 5.20. The predicted octanol–water partition coefficient (Wildman–Crippen LogP) is 1.45. The van der Waals surface area contributed by atoms with Crippen LogP contribution in [0.1, 0.15) is 6.92 Å². The van der Waals surface area contributed by atoms with Crippen LogP contribution in [0.3, 0.4) is 0 Å². The third-order valence-electron chi connectivity index (χ3n) is 2.91. The molecule has 0 aliphatic heterocycles. The minimum atomic E-state index is -0.336. The maximum absolute atomic E-state index is 12.1. The van der Waals surface area contributed by atoms with Gasteiger partial charge in [-0.2, -0.15) is 4.98 Å². The van der Waals surface area contributed by atoms with Gasteiger partial charge in [-0.1, -0.05) is 18.2 Å². The first-order valence-electron chi connectivity index (χ1n) is 6.40. The normalized spacial score (nSPS) is 10.7. The molecule has 0 aliphatic rings. The van der Waals surface area contributed by atoms with Crippen molar-refractivity contribution < 1.29 is 4.79 Å². The maximum atomic E-state index is 12.1. The lowest BCUT2D eigenvalue weighted by atomic mass is 10.3. The van der Waals surface area contributed by atoms with Crippen molar-refractivity contribution in [1.82, 2.24) is 19.5 Å². The molecule has 7 nitrogen and oxygen atoms in total. The smallest absolute Gasteiger partial charge is 0.278 e. The Labute approximate surface area is 119 Å². The van der Waals surface area contributed by atoms with E-state index >= 15 is 0 Å². The highest BCUT2D eigenvalue weighted by molar-refractivity contribution is 5.78. The summed E-state index contributed by atoms with van der Waals surface area (Å²) in [5, 5.41) is 3.00.